The van der Waals surface area contributed by atoms with Gasteiger partial charge in [-0.05, 0) is 23.8 Å². The number of carbonyl (C=O) groups excluding carboxylic acids is 2. The normalized spacial score (nSPS) is 22.3. The molecule has 0 radical (unpaired) electrons. The van der Waals surface area contributed by atoms with Gasteiger partial charge in [-0.1, -0.05) is 0 Å². The van der Waals surface area contributed by atoms with Crippen molar-refractivity contribution in [1.82, 2.24) is 4.90 Å². The minimum Gasteiger partial charge on any atom is -0.456 e. The summed E-state index contributed by atoms with van der Waals surface area (Å²) in [5.74, 6) is -0.741. The van der Waals surface area contributed by atoms with Gasteiger partial charge in [-0.2, -0.15) is 0 Å². The first-order chi connectivity index (χ1) is 11.5. The molecule has 2 atom stereocenters. The molecule has 9 heteroatoms. The summed E-state index contributed by atoms with van der Waals surface area (Å²) in [7, 11) is 1.53. The molecule has 3 rings (SSSR count). The number of β-lactam (4-membered cyclic amide) rings is 1. The lowest BCUT2D eigenvalue weighted by Gasteiger charge is -2.44. The van der Waals surface area contributed by atoms with Crippen LogP contribution in [0.1, 0.15) is 12.0 Å². The van der Waals surface area contributed by atoms with E-state index in [1.54, 1.807) is 6.08 Å². The zero-order chi connectivity index (χ0) is 17.3. The molecule has 0 spiro atoms. The topological polar surface area (TPSA) is 99.0 Å². The van der Waals surface area contributed by atoms with Crippen LogP contribution in [0, 0.1) is 10.1 Å². The molecule has 8 nitrogen and oxygen atoms in total. The number of benzene rings is 1. The molecule has 2 aliphatic rings. The van der Waals surface area contributed by atoms with Crippen LogP contribution in [0.5, 0.6) is 0 Å². The van der Waals surface area contributed by atoms with Gasteiger partial charge in [-0.15, -0.1) is 11.8 Å². The molecule has 0 saturated carbocycles. The van der Waals surface area contributed by atoms with Crippen LogP contribution in [-0.2, 0) is 25.7 Å². The maximum atomic E-state index is 12.3. The highest BCUT2D eigenvalue weighted by Gasteiger charge is 2.45. The van der Waals surface area contributed by atoms with Gasteiger partial charge < -0.3 is 9.47 Å². The van der Waals surface area contributed by atoms with Crippen molar-refractivity contribution in [2.75, 3.05) is 7.11 Å². The number of amides is 1. The molecule has 1 aromatic carbocycles. The highest BCUT2D eigenvalue weighted by atomic mass is 32.2. The summed E-state index contributed by atoms with van der Waals surface area (Å²) in [4.78, 5) is 35.5. The molecule has 1 unspecified atom stereocenters. The Labute approximate surface area is 141 Å². The van der Waals surface area contributed by atoms with Crippen molar-refractivity contribution in [3.8, 4) is 0 Å². The van der Waals surface area contributed by atoms with Gasteiger partial charge in [-0.3, -0.25) is 19.8 Å². The fraction of sp³-hybridized carbons (Fsp3) is 0.333. The van der Waals surface area contributed by atoms with Crippen molar-refractivity contribution in [1.29, 1.82) is 0 Å². The SMILES string of the molecule is COC1C=C(C(=O)OCc2ccc([N+](=O)[O-])cc2)N2C(=O)C[C@H]2S1. The minimum absolute atomic E-state index is 0.0333. The predicted octanol–water partition coefficient (Wildman–Crippen LogP) is 1.80. The number of carbonyl (C=O) groups is 2. The molecule has 2 heterocycles. The smallest absolute Gasteiger partial charge is 0.355 e. The number of methoxy groups -OCH3 is 1. The zero-order valence-electron chi connectivity index (χ0n) is 12.7. The van der Waals surface area contributed by atoms with Crippen molar-refractivity contribution < 1.29 is 24.0 Å². The van der Waals surface area contributed by atoms with Crippen molar-refractivity contribution in [3.63, 3.8) is 0 Å². The largest absolute Gasteiger partial charge is 0.456 e. The third-order valence-corrected chi connectivity index (χ3v) is 5.00. The summed E-state index contributed by atoms with van der Waals surface area (Å²) in [5, 5.41) is 10.5. The van der Waals surface area contributed by atoms with E-state index in [1.807, 2.05) is 0 Å². The molecule has 0 aliphatic carbocycles. The van der Waals surface area contributed by atoms with Gasteiger partial charge in [0.2, 0.25) is 5.91 Å². The van der Waals surface area contributed by atoms with Crippen LogP contribution in [0.15, 0.2) is 36.0 Å². The molecule has 0 N–H and O–H groups in total. The Bertz CT molecular complexity index is 717. The summed E-state index contributed by atoms with van der Waals surface area (Å²) >= 11 is 1.46. The molecular formula is C15H14N2O6S. The Morgan fingerprint density at radius 3 is 2.71 bits per heavy atom. The van der Waals surface area contributed by atoms with Gasteiger partial charge in [0, 0.05) is 19.2 Å². The lowest BCUT2D eigenvalue weighted by Crippen LogP contribution is -2.54. The minimum atomic E-state index is -0.617. The number of esters is 1. The van der Waals surface area contributed by atoms with Gasteiger partial charge in [0.1, 0.15) is 17.7 Å². The van der Waals surface area contributed by atoms with E-state index in [2.05, 4.69) is 0 Å². The molecule has 126 valence electrons. The molecular weight excluding hydrogens is 336 g/mol. The van der Waals surface area contributed by atoms with E-state index in [4.69, 9.17) is 9.47 Å². The van der Waals surface area contributed by atoms with E-state index in [-0.39, 0.29) is 34.7 Å². The lowest BCUT2D eigenvalue weighted by atomic mass is 10.1. The number of thioether (sulfide) groups is 1. The van der Waals surface area contributed by atoms with Crippen LogP contribution in [0.3, 0.4) is 0 Å². The third-order valence-electron chi connectivity index (χ3n) is 3.71. The van der Waals surface area contributed by atoms with Gasteiger partial charge in [0.05, 0.1) is 16.7 Å². The maximum Gasteiger partial charge on any atom is 0.355 e. The fourth-order valence-corrected chi connectivity index (χ4v) is 3.64. The Morgan fingerprint density at radius 1 is 1.42 bits per heavy atom. The first kappa shape index (κ1) is 16.5. The molecule has 1 fully saturated rings. The molecule has 0 aromatic heterocycles. The Morgan fingerprint density at radius 2 is 2.12 bits per heavy atom. The number of nitrogens with zero attached hydrogens (tertiary/aromatic N) is 2. The number of fused-ring (bicyclic) bond motifs is 1. The first-order valence-electron chi connectivity index (χ1n) is 7.12. The summed E-state index contributed by atoms with van der Waals surface area (Å²) in [6.07, 6.45) is 1.94. The average Bonchev–Trinajstić information content (AvgIpc) is 2.58. The number of non-ortho nitro benzene ring substituents is 1. The first-order valence-corrected chi connectivity index (χ1v) is 8.06. The second kappa shape index (κ2) is 6.62. The zero-order valence-corrected chi connectivity index (χ0v) is 13.5. The molecule has 1 aromatic rings. The number of ether oxygens (including phenoxy) is 2. The number of hydrogen-bond acceptors (Lipinski definition) is 7. The standard InChI is InChI=1S/C15H14N2O6S/c1-22-14-6-11(16-12(18)7-13(16)24-14)15(19)23-8-9-2-4-10(5-3-9)17(20)21/h2-6,13-14H,7-8H2,1H3/t13-,14?/m1/s1. The van der Waals surface area contributed by atoms with E-state index in [9.17, 15) is 19.7 Å². The fourth-order valence-electron chi connectivity index (χ4n) is 2.42. The van der Waals surface area contributed by atoms with Crippen molar-refractivity contribution in [2.24, 2.45) is 0 Å². The van der Waals surface area contributed by atoms with E-state index in [0.717, 1.165) is 0 Å². The van der Waals surface area contributed by atoms with Crippen molar-refractivity contribution in [2.45, 2.75) is 23.8 Å². The Hall–Kier alpha value is -2.39. The van der Waals surface area contributed by atoms with E-state index in [0.29, 0.717) is 12.0 Å². The average molecular weight is 350 g/mol. The van der Waals surface area contributed by atoms with E-state index >= 15 is 0 Å². The maximum absolute atomic E-state index is 12.3. The Kier molecular flexibility index (Phi) is 4.54. The summed E-state index contributed by atoms with van der Waals surface area (Å²) in [6.45, 7) is -0.0361. The summed E-state index contributed by atoms with van der Waals surface area (Å²) < 4.78 is 10.5. The molecule has 2 aliphatic heterocycles. The second-order valence-corrected chi connectivity index (χ2v) is 6.50. The number of nitro groups is 1. The number of rotatable bonds is 5. The van der Waals surface area contributed by atoms with Gasteiger partial charge in [0.25, 0.3) is 5.69 Å². The highest BCUT2D eigenvalue weighted by Crippen LogP contribution is 2.40. The van der Waals surface area contributed by atoms with E-state index in [1.165, 1.54) is 48.0 Å². The second-order valence-electron chi connectivity index (χ2n) is 5.21. The van der Waals surface area contributed by atoms with Gasteiger partial charge in [-0.25, -0.2) is 4.79 Å². The molecule has 0 bridgehead atoms. The number of nitro benzene ring substituents is 1. The van der Waals surface area contributed by atoms with Gasteiger partial charge in [0.15, 0.2) is 0 Å². The molecule has 1 amide bonds. The van der Waals surface area contributed by atoms with Crippen molar-refractivity contribution >= 4 is 29.3 Å². The predicted molar refractivity (Wildman–Crippen MR) is 84.6 cm³/mol. The van der Waals surface area contributed by atoms with Crippen LogP contribution < -0.4 is 0 Å². The number of hydrogen-bond donors (Lipinski definition) is 0. The monoisotopic (exact) mass is 350 g/mol. The lowest BCUT2D eigenvalue weighted by molar-refractivity contribution is -0.384. The summed E-state index contributed by atoms with van der Waals surface area (Å²) in [6, 6.07) is 5.73. The van der Waals surface area contributed by atoms with Gasteiger partial charge >= 0.3 is 5.97 Å². The van der Waals surface area contributed by atoms with Crippen LogP contribution >= 0.6 is 11.8 Å². The van der Waals surface area contributed by atoms with Crippen LogP contribution in [0.2, 0.25) is 0 Å². The summed E-state index contributed by atoms with van der Waals surface area (Å²) in [5.41, 5.74) is 0.466. The molecule has 24 heavy (non-hydrogen) atoms. The quantitative estimate of drug-likeness (QED) is 0.345. The molecule has 1 saturated heterocycles. The van der Waals surface area contributed by atoms with Crippen LogP contribution in [-0.4, -0.2) is 39.6 Å². The van der Waals surface area contributed by atoms with Crippen LogP contribution in [0.25, 0.3) is 0 Å². The van der Waals surface area contributed by atoms with Crippen molar-refractivity contribution in [3.05, 3.63) is 51.7 Å². The highest BCUT2D eigenvalue weighted by molar-refractivity contribution is 8.00. The third kappa shape index (κ3) is 3.13. The Balaban J connectivity index is 1.66. The van der Waals surface area contributed by atoms with E-state index < -0.39 is 10.9 Å². The van der Waals surface area contributed by atoms with Crippen LogP contribution in [0.4, 0.5) is 5.69 Å².